The van der Waals surface area contributed by atoms with Gasteiger partial charge in [-0.1, -0.05) is 19.1 Å². The number of hydrogen-bond acceptors (Lipinski definition) is 6. The van der Waals surface area contributed by atoms with Gasteiger partial charge in [-0.3, -0.25) is 10.1 Å². The topological polar surface area (TPSA) is 89.5 Å². The van der Waals surface area contributed by atoms with Crippen molar-refractivity contribution in [1.82, 2.24) is 5.01 Å². The van der Waals surface area contributed by atoms with Crippen LogP contribution in [0.15, 0.2) is 47.6 Å². The highest BCUT2D eigenvalue weighted by Gasteiger charge is 2.34. The monoisotopic (exact) mass is 479 g/mol. The van der Waals surface area contributed by atoms with E-state index in [-0.39, 0.29) is 30.5 Å². The summed E-state index contributed by atoms with van der Waals surface area (Å²) in [5.41, 5.74) is 2.16. The number of ether oxygens (including phenoxy) is 3. The first kappa shape index (κ1) is 24.9. The molecule has 182 valence electrons. The number of nitrogens with zero attached hydrogens (tertiary/aromatic N) is 2. The Morgan fingerprint density at radius 3 is 2.44 bits per heavy atom. The summed E-state index contributed by atoms with van der Waals surface area (Å²) < 4.78 is 52.2. The van der Waals surface area contributed by atoms with Crippen LogP contribution in [0, 0.1) is 5.92 Å². The molecule has 2 aromatic rings. The quantitative estimate of drug-likeness (QED) is 0.608. The maximum atomic E-state index is 12.9. The lowest BCUT2D eigenvalue weighted by Crippen LogP contribution is -2.36. The van der Waals surface area contributed by atoms with Crippen LogP contribution in [-0.2, 0) is 16.1 Å². The zero-order valence-corrected chi connectivity index (χ0v) is 18.8. The number of benzene rings is 2. The Morgan fingerprint density at radius 2 is 1.85 bits per heavy atom. The van der Waals surface area contributed by atoms with Crippen LogP contribution < -0.4 is 14.8 Å². The van der Waals surface area contributed by atoms with Crippen LogP contribution in [0.1, 0.15) is 30.9 Å². The van der Waals surface area contributed by atoms with Crippen molar-refractivity contribution in [3.8, 4) is 11.5 Å². The fourth-order valence-corrected chi connectivity index (χ4v) is 3.51. The Kier molecular flexibility index (Phi) is 7.64. The largest absolute Gasteiger partial charge is 0.573 e. The summed E-state index contributed by atoms with van der Waals surface area (Å²) in [5, 5.41) is 8.31. The molecule has 1 aliphatic rings. The molecule has 1 N–H and O–H groups in total. The second kappa shape index (κ2) is 10.4. The molecule has 8 nitrogen and oxygen atoms in total. The molecule has 2 aromatic carbocycles. The zero-order chi connectivity index (χ0) is 24.9. The second-order valence-corrected chi connectivity index (χ2v) is 7.47. The van der Waals surface area contributed by atoms with Crippen LogP contribution in [0.25, 0.3) is 0 Å². The molecular weight excluding hydrogens is 455 g/mol. The third-order valence-corrected chi connectivity index (χ3v) is 5.22. The van der Waals surface area contributed by atoms with Crippen molar-refractivity contribution in [1.29, 1.82) is 0 Å². The van der Waals surface area contributed by atoms with Crippen molar-refractivity contribution < 1.29 is 37.0 Å². The van der Waals surface area contributed by atoms with Crippen molar-refractivity contribution in [2.45, 2.75) is 32.7 Å². The van der Waals surface area contributed by atoms with Gasteiger partial charge in [0.2, 0.25) is 5.91 Å². The van der Waals surface area contributed by atoms with E-state index in [2.05, 4.69) is 19.9 Å². The molecular formula is C23H24F3N3O5. The molecule has 0 aliphatic carbocycles. The SMILES string of the molecule is CCC1CC(=O)N(Cc2ccc(NC(=O)OC)cc2)N=C1c1ccc(OC)c(OC(F)(F)F)c1. The highest BCUT2D eigenvalue weighted by atomic mass is 19.4. The maximum absolute atomic E-state index is 12.9. The number of hydrogen-bond donors (Lipinski definition) is 1. The van der Waals surface area contributed by atoms with E-state index in [9.17, 15) is 22.8 Å². The molecule has 0 aromatic heterocycles. The molecule has 1 atom stereocenters. The molecule has 11 heteroatoms. The lowest BCUT2D eigenvalue weighted by atomic mass is 9.89. The summed E-state index contributed by atoms with van der Waals surface area (Å²) in [6, 6.07) is 10.9. The molecule has 34 heavy (non-hydrogen) atoms. The van der Waals surface area contributed by atoms with E-state index in [1.807, 2.05) is 6.92 Å². The number of hydrazone groups is 1. The molecule has 0 spiro atoms. The van der Waals surface area contributed by atoms with Crippen molar-refractivity contribution in [3.63, 3.8) is 0 Å². The van der Waals surface area contributed by atoms with Crippen molar-refractivity contribution >= 4 is 23.4 Å². The number of methoxy groups -OCH3 is 2. The van der Waals surface area contributed by atoms with E-state index < -0.39 is 18.2 Å². The first-order valence-corrected chi connectivity index (χ1v) is 10.4. The summed E-state index contributed by atoms with van der Waals surface area (Å²) in [4.78, 5) is 24.0. The molecule has 0 saturated carbocycles. The van der Waals surface area contributed by atoms with Gasteiger partial charge in [0.05, 0.1) is 26.5 Å². The molecule has 3 rings (SSSR count). The number of halogens is 3. The number of anilines is 1. The Bertz CT molecular complexity index is 1070. The van der Waals surface area contributed by atoms with Gasteiger partial charge in [0, 0.05) is 23.6 Å². The van der Waals surface area contributed by atoms with Crippen molar-refractivity contribution in [3.05, 3.63) is 53.6 Å². The van der Waals surface area contributed by atoms with Crippen LogP contribution >= 0.6 is 0 Å². The summed E-state index contributed by atoms with van der Waals surface area (Å²) in [6.07, 6.45) is -4.75. The molecule has 0 fully saturated rings. The van der Waals surface area contributed by atoms with Gasteiger partial charge in [-0.25, -0.2) is 9.80 Å². The van der Waals surface area contributed by atoms with E-state index >= 15 is 0 Å². The molecule has 0 bridgehead atoms. The van der Waals surface area contributed by atoms with Crippen LogP contribution in [0.2, 0.25) is 0 Å². The lowest BCUT2D eigenvalue weighted by Gasteiger charge is -2.29. The van der Waals surface area contributed by atoms with Gasteiger partial charge in [-0.05, 0) is 42.3 Å². The highest BCUT2D eigenvalue weighted by Crippen LogP contribution is 2.35. The minimum atomic E-state index is -4.89. The molecule has 1 heterocycles. The number of amides is 2. The molecule has 0 radical (unpaired) electrons. The fourth-order valence-electron chi connectivity index (χ4n) is 3.51. The summed E-state index contributed by atoms with van der Waals surface area (Å²) in [5.74, 6) is -1.02. The third-order valence-electron chi connectivity index (χ3n) is 5.22. The normalized spacial score (nSPS) is 16.1. The zero-order valence-electron chi connectivity index (χ0n) is 18.8. The Labute approximate surface area is 194 Å². The molecule has 0 saturated heterocycles. The molecule has 1 aliphatic heterocycles. The number of alkyl halides is 3. The van der Waals surface area contributed by atoms with Crippen LogP contribution in [0.5, 0.6) is 11.5 Å². The van der Waals surface area contributed by atoms with E-state index in [4.69, 9.17) is 4.74 Å². The van der Waals surface area contributed by atoms with Gasteiger partial charge in [-0.15, -0.1) is 13.2 Å². The van der Waals surface area contributed by atoms with Gasteiger partial charge in [0.15, 0.2) is 11.5 Å². The highest BCUT2D eigenvalue weighted by molar-refractivity contribution is 6.06. The number of carbonyl (C=O) groups excluding carboxylic acids is 2. The number of nitrogens with one attached hydrogen (secondary N) is 1. The smallest absolute Gasteiger partial charge is 0.493 e. The van der Waals surface area contributed by atoms with E-state index in [1.54, 1.807) is 30.3 Å². The average molecular weight is 479 g/mol. The van der Waals surface area contributed by atoms with Crippen LogP contribution in [0.3, 0.4) is 0 Å². The minimum absolute atomic E-state index is 0.0703. The van der Waals surface area contributed by atoms with Gasteiger partial charge in [-0.2, -0.15) is 5.10 Å². The predicted molar refractivity (Wildman–Crippen MR) is 118 cm³/mol. The third kappa shape index (κ3) is 6.18. The van der Waals surface area contributed by atoms with Gasteiger partial charge in [0.1, 0.15) is 0 Å². The number of rotatable bonds is 7. The standard InChI is InChI=1S/C23H24F3N3O5/c1-4-15-12-20(30)29(13-14-5-8-17(9-6-14)27-22(31)33-3)28-21(15)16-7-10-18(32-2)19(11-16)34-23(24,25)26/h5-11,15H,4,12-13H2,1-3H3,(H,27,31). The minimum Gasteiger partial charge on any atom is -0.493 e. The Morgan fingerprint density at radius 1 is 1.15 bits per heavy atom. The van der Waals surface area contributed by atoms with Gasteiger partial charge in [0.25, 0.3) is 0 Å². The van der Waals surface area contributed by atoms with Crippen molar-refractivity contribution in [2.24, 2.45) is 11.0 Å². The Balaban J connectivity index is 1.89. The van der Waals surface area contributed by atoms with E-state index in [0.717, 1.165) is 5.56 Å². The second-order valence-electron chi connectivity index (χ2n) is 7.47. The van der Waals surface area contributed by atoms with Crippen LogP contribution in [0.4, 0.5) is 23.7 Å². The maximum Gasteiger partial charge on any atom is 0.573 e. The average Bonchev–Trinajstić information content (AvgIpc) is 2.80. The first-order valence-electron chi connectivity index (χ1n) is 10.4. The van der Waals surface area contributed by atoms with E-state index in [1.165, 1.54) is 31.4 Å². The predicted octanol–water partition coefficient (Wildman–Crippen LogP) is 4.93. The number of carbonyl (C=O) groups is 2. The van der Waals surface area contributed by atoms with Gasteiger partial charge >= 0.3 is 12.5 Å². The fraction of sp³-hybridized carbons (Fsp3) is 0.348. The van der Waals surface area contributed by atoms with E-state index in [0.29, 0.717) is 23.4 Å². The summed E-state index contributed by atoms with van der Waals surface area (Å²) in [6.45, 7) is 2.03. The molecule has 2 amide bonds. The summed E-state index contributed by atoms with van der Waals surface area (Å²) in [7, 11) is 2.50. The van der Waals surface area contributed by atoms with Crippen molar-refractivity contribution in [2.75, 3.05) is 19.5 Å². The summed E-state index contributed by atoms with van der Waals surface area (Å²) >= 11 is 0. The lowest BCUT2D eigenvalue weighted by molar-refractivity contribution is -0.275. The van der Waals surface area contributed by atoms with Crippen LogP contribution in [-0.4, -0.2) is 43.3 Å². The Hall–Kier alpha value is -3.76. The van der Waals surface area contributed by atoms with Gasteiger partial charge < -0.3 is 14.2 Å². The molecule has 1 unspecified atom stereocenters. The first-order chi connectivity index (χ1) is 16.1.